The lowest BCUT2D eigenvalue weighted by Crippen LogP contribution is -1.99. The number of aryl methyl sites for hydroxylation is 1. The van der Waals surface area contributed by atoms with Crippen molar-refractivity contribution in [2.45, 2.75) is 20.0 Å². The highest BCUT2D eigenvalue weighted by molar-refractivity contribution is 5.86. The molecule has 7 heteroatoms. The van der Waals surface area contributed by atoms with Crippen molar-refractivity contribution >= 4 is 5.97 Å². The van der Waals surface area contributed by atoms with Gasteiger partial charge in [0.15, 0.2) is 0 Å². The molecule has 0 radical (unpaired) electrons. The van der Waals surface area contributed by atoms with Crippen LogP contribution >= 0.6 is 0 Å². The lowest BCUT2D eigenvalue weighted by molar-refractivity contribution is 0.0561. The van der Waals surface area contributed by atoms with Crippen LogP contribution in [-0.4, -0.2) is 23.3 Å². The van der Waals surface area contributed by atoms with E-state index in [9.17, 15) is 4.79 Å². The van der Waals surface area contributed by atoms with Crippen molar-refractivity contribution in [1.29, 1.82) is 0 Å². The molecule has 0 aliphatic rings. The normalized spacial score (nSPS) is 10.6. The second kappa shape index (κ2) is 6.99. The van der Waals surface area contributed by atoms with Crippen molar-refractivity contribution in [3.05, 3.63) is 53.8 Å². The standard InChI is InChI=1S/C17H16N2O5/c1-3-15-18-19-16(24-15)11-4-6-12(7-5-11)22-10-13-8-9-14(23-13)17(20)21-2/h4-9H,3,10H2,1-2H3. The van der Waals surface area contributed by atoms with Crippen LogP contribution in [0.25, 0.3) is 11.5 Å². The average molecular weight is 328 g/mol. The fourth-order valence-corrected chi connectivity index (χ4v) is 2.03. The predicted molar refractivity (Wildman–Crippen MR) is 83.5 cm³/mol. The highest BCUT2D eigenvalue weighted by Crippen LogP contribution is 2.22. The largest absolute Gasteiger partial charge is 0.486 e. The van der Waals surface area contributed by atoms with Crippen LogP contribution in [0.2, 0.25) is 0 Å². The molecule has 0 saturated carbocycles. The first-order valence-electron chi connectivity index (χ1n) is 7.42. The molecule has 0 unspecified atom stereocenters. The zero-order chi connectivity index (χ0) is 16.9. The first kappa shape index (κ1) is 15.8. The summed E-state index contributed by atoms with van der Waals surface area (Å²) in [5.41, 5.74) is 0.820. The van der Waals surface area contributed by atoms with E-state index in [4.69, 9.17) is 13.6 Å². The molecule has 0 aliphatic carbocycles. The maximum Gasteiger partial charge on any atom is 0.373 e. The van der Waals surface area contributed by atoms with Gasteiger partial charge in [-0.25, -0.2) is 4.79 Å². The average Bonchev–Trinajstić information content (AvgIpc) is 3.29. The zero-order valence-electron chi connectivity index (χ0n) is 13.3. The number of rotatable bonds is 6. The Kier molecular flexibility index (Phi) is 4.60. The molecule has 3 aromatic rings. The van der Waals surface area contributed by atoms with E-state index in [1.165, 1.54) is 7.11 Å². The summed E-state index contributed by atoms with van der Waals surface area (Å²) in [6.45, 7) is 2.16. The number of furan rings is 1. The third-order valence-corrected chi connectivity index (χ3v) is 3.30. The van der Waals surface area contributed by atoms with E-state index >= 15 is 0 Å². The SMILES string of the molecule is CCc1nnc(-c2ccc(OCc3ccc(C(=O)OC)o3)cc2)o1. The minimum Gasteiger partial charge on any atom is -0.486 e. The van der Waals surface area contributed by atoms with Crippen LogP contribution in [0.3, 0.4) is 0 Å². The fraction of sp³-hybridized carbons (Fsp3) is 0.235. The van der Waals surface area contributed by atoms with E-state index in [0.717, 1.165) is 5.56 Å². The molecule has 0 bridgehead atoms. The van der Waals surface area contributed by atoms with Gasteiger partial charge >= 0.3 is 5.97 Å². The fourth-order valence-electron chi connectivity index (χ4n) is 2.03. The molecule has 124 valence electrons. The molecule has 2 aromatic heterocycles. The van der Waals surface area contributed by atoms with Gasteiger partial charge < -0.3 is 18.3 Å². The minimum absolute atomic E-state index is 0.148. The molecule has 0 aliphatic heterocycles. The number of nitrogens with zero attached hydrogens (tertiary/aromatic N) is 2. The lowest BCUT2D eigenvalue weighted by Gasteiger charge is -2.04. The van der Waals surface area contributed by atoms with Crippen LogP contribution < -0.4 is 4.74 Å². The number of carbonyl (C=O) groups is 1. The molecule has 0 saturated heterocycles. The number of methoxy groups -OCH3 is 1. The third kappa shape index (κ3) is 3.45. The molecule has 24 heavy (non-hydrogen) atoms. The number of hydrogen-bond acceptors (Lipinski definition) is 7. The van der Waals surface area contributed by atoms with E-state index in [1.54, 1.807) is 24.3 Å². The van der Waals surface area contributed by atoms with Crippen LogP contribution in [-0.2, 0) is 17.8 Å². The molecule has 0 atom stereocenters. The lowest BCUT2D eigenvalue weighted by atomic mass is 10.2. The summed E-state index contributed by atoms with van der Waals surface area (Å²) in [6.07, 6.45) is 0.699. The van der Waals surface area contributed by atoms with Crippen LogP contribution in [0.1, 0.15) is 29.1 Å². The number of ether oxygens (including phenoxy) is 2. The van der Waals surface area contributed by atoms with Crippen molar-refractivity contribution in [3.63, 3.8) is 0 Å². The summed E-state index contributed by atoms with van der Waals surface area (Å²) in [6, 6.07) is 10.5. The Morgan fingerprint density at radius 2 is 1.88 bits per heavy atom. The topological polar surface area (TPSA) is 87.6 Å². The summed E-state index contributed by atoms with van der Waals surface area (Å²) < 4.78 is 21.0. The zero-order valence-corrected chi connectivity index (χ0v) is 13.3. The molecular formula is C17H16N2O5. The minimum atomic E-state index is -0.517. The van der Waals surface area contributed by atoms with E-state index < -0.39 is 5.97 Å². The van der Waals surface area contributed by atoms with E-state index in [-0.39, 0.29) is 12.4 Å². The number of hydrogen-bond donors (Lipinski definition) is 0. The predicted octanol–water partition coefficient (Wildman–Crippen LogP) is 3.26. The summed E-state index contributed by atoms with van der Waals surface area (Å²) in [5, 5.41) is 7.93. The first-order chi connectivity index (χ1) is 11.7. The molecule has 0 amide bonds. The Bertz CT molecular complexity index is 820. The quantitative estimate of drug-likeness (QED) is 0.642. The van der Waals surface area contributed by atoms with Gasteiger partial charge in [0.05, 0.1) is 7.11 Å². The number of aromatic nitrogens is 2. The van der Waals surface area contributed by atoms with Gasteiger partial charge in [-0.05, 0) is 36.4 Å². The van der Waals surface area contributed by atoms with Gasteiger partial charge in [-0.15, -0.1) is 10.2 Å². The molecule has 7 nitrogen and oxygen atoms in total. The van der Waals surface area contributed by atoms with Crippen LogP contribution in [0.5, 0.6) is 5.75 Å². The van der Waals surface area contributed by atoms with E-state index in [2.05, 4.69) is 14.9 Å². The molecule has 3 rings (SSSR count). The summed E-state index contributed by atoms with van der Waals surface area (Å²) >= 11 is 0. The first-order valence-corrected chi connectivity index (χ1v) is 7.42. The van der Waals surface area contributed by atoms with Crippen LogP contribution in [0, 0.1) is 0 Å². The van der Waals surface area contributed by atoms with Gasteiger partial charge in [-0.1, -0.05) is 6.92 Å². The molecule has 0 spiro atoms. The van der Waals surface area contributed by atoms with Gasteiger partial charge in [-0.3, -0.25) is 0 Å². The van der Waals surface area contributed by atoms with Crippen molar-refractivity contribution in [3.8, 4) is 17.2 Å². The van der Waals surface area contributed by atoms with Gasteiger partial charge in [0.1, 0.15) is 18.1 Å². The van der Waals surface area contributed by atoms with Gasteiger partial charge in [0.2, 0.25) is 17.5 Å². The Balaban J connectivity index is 1.62. The van der Waals surface area contributed by atoms with Gasteiger partial charge in [-0.2, -0.15) is 0 Å². The molecule has 0 fully saturated rings. The summed E-state index contributed by atoms with van der Waals surface area (Å²) in [5.74, 6) is 1.90. The molecule has 0 N–H and O–H groups in total. The maximum absolute atomic E-state index is 11.3. The van der Waals surface area contributed by atoms with E-state index in [0.29, 0.717) is 29.7 Å². The molecule has 1 aromatic carbocycles. The van der Waals surface area contributed by atoms with Crippen molar-refractivity contribution in [2.24, 2.45) is 0 Å². The van der Waals surface area contributed by atoms with E-state index in [1.807, 2.05) is 19.1 Å². The smallest absolute Gasteiger partial charge is 0.373 e. The summed E-state index contributed by atoms with van der Waals surface area (Å²) in [7, 11) is 1.30. The monoisotopic (exact) mass is 328 g/mol. The second-order valence-corrected chi connectivity index (χ2v) is 4.93. The molecule has 2 heterocycles. The summed E-state index contributed by atoms with van der Waals surface area (Å²) in [4.78, 5) is 11.3. The Hall–Kier alpha value is -3.09. The Morgan fingerprint density at radius 1 is 1.08 bits per heavy atom. The highest BCUT2D eigenvalue weighted by atomic mass is 16.5. The van der Waals surface area contributed by atoms with Gasteiger partial charge in [0.25, 0.3) is 0 Å². The van der Waals surface area contributed by atoms with Crippen molar-refractivity contribution in [2.75, 3.05) is 7.11 Å². The molecular weight excluding hydrogens is 312 g/mol. The number of benzene rings is 1. The van der Waals surface area contributed by atoms with Crippen LogP contribution in [0.4, 0.5) is 0 Å². The number of esters is 1. The third-order valence-electron chi connectivity index (χ3n) is 3.30. The van der Waals surface area contributed by atoms with Crippen LogP contribution in [0.15, 0.2) is 45.2 Å². The highest BCUT2D eigenvalue weighted by Gasteiger charge is 2.11. The Labute approximate surface area is 138 Å². The number of carbonyl (C=O) groups excluding carboxylic acids is 1. The Morgan fingerprint density at radius 3 is 2.54 bits per heavy atom. The van der Waals surface area contributed by atoms with Crippen molar-refractivity contribution < 1.29 is 23.1 Å². The second-order valence-electron chi connectivity index (χ2n) is 4.93. The van der Waals surface area contributed by atoms with Gasteiger partial charge in [0, 0.05) is 12.0 Å². The van der Waals surface area contributed by atoms with Crippen molar-refractivity contribution in [1.82, 2.24) is 10.2 Å². The maximum atomic E-state index is 11.3.